The molecule has 1 saturated heterocycles. The highest BCUT2D eigenvalue weighted by Crippen LogP contribution is 2.47. The fourth-order valence-corrected chi connectivity index (χ4v) is 6.78. The normalized spacial score (nSPS) is 28.0. The van der Waals surface area contributed by atoms with Crippen LogP contribution in [0.1, 0.15) is 67.7 Å². The van der Waals surface area contributed by atoms with E-state index in [0.717, 1.165) is 41.5 Å². The number of hydrogen-bond acceptors (Lipinski definition) is 7. The Bertz CT molecular complexity index is 918. The smallest absolute Gasteiger partial charge is 0.246 e. The van der Waals surface area contributed by atoms with Gasteiger partial charge in [0.15, 0.2) is 0 Å². The molecule has 2 atom stereocenters. The summed E-state index contributed by atoms with van der Waals surface area (Å²) in [6.07, 6.45) is 10.0. The number of rotatable bonds is 6. The minimum absolute atomic E-state index is 0.0931. The molecule has 1 aliphatic heterocycles. The van der Waals surface area contributed by atoms with Gasteiger partial charge in [-0.2, -0.15) is 0 Å². The molecule has 2 aliphatic carbocycles. The highest BCUT2D eigenvalue weighted by atomic mass is 32.1. The molecule has 3 heterocycles. The summed E-state index contributed by atoms with van der Waals surface area (Å²) in [4.78, 5) is 25.2. The van der Waals surface area contributed by atoms with E-state index in [4.69, 9.17) is 10.5 Å². The zero-order valence-electron chi connectivity index (χ0n) is 17.3. The Kier molecular flexibility index (Phi) is 5.64. The summed E-state index contributed by atoms with van der Waals surface area (Å²) in [6, 6.07) is 0.711. The number of nitrogens with two attached hydrogens (primary N) is 1. The Balaban J connectivity index is 1.34. The molecule has 0 spiro atoms. The van der Waals surface area contributed by atoms with E-state index in [1.54, 1.807) is 17.7 Å². The van der Waals surface area contributed by atoms with Gasteiger partial charge >= 0.3 is 0 Å². The quantitative estimate of drug-likeness (QED) is 0.731. The highest BCUT2D eigenvalue weighted by molar-refractivity contribution is 7.19. The zero-order chi connectivity index (χ0) is 20.7. The van der Waals surface area contributed by atoms with Crippen molar-refractivity contribution >= 4 is 27.5 Å². The van der Waals surface area contributed by atoms with Crippen LogP contribution in [0.5, 0.6) is 5.88 Å². The summed E-state index contributed by atoms with van der Waals surface area (Å²) in [5.74, 6) is 0.101. The van der Waals surface area contributed by atoms with Crippen molar-refractivity contribution in [2.24, 2.45) is 5.73 Å². The van der Waals surface area contributed by atoms with Crippen molar-refractivity contribution < 1.29 is 14.6 Å². The van der Waals surface area contributed by atoms with Crippen molar-refractivity contribution in [3.63, 3.8) is 0 Å². The van der Waals surface area contributed by atoms with E-state index in [1.165, 1.54) is 43.6 Å². The Hall–Kier alpha value is -1.77. The molecule has 3 aliphatic rings. The predicted molar refractivity (Wildman–Crippen MR) is 116 cm³/mol. The van der Waals surface area contributed by atoms with Crippen LogP contribution in [0, 0.1) is 0 Å². The second kappa shape index (κ2) is 8.40. The second-order valence-corrected chi connectivity index (χ2v) is 10.1. The molecular weight excluding hydrogens is 400 g/mol. The summed E-state index contributed by atoms with van der Waals surface area (Å²) in [5.41, 5.74) is 6.46. The monoisotopic (exact) mass is 430 g/mol. The number of aliphatic hydroxyl groups excluding tert-OH is 1. The molecule has 30 heavy (non-hydrogen) atoms. The first-order chi connectivity index (χ1) is 14.6. The first-order valence-electron chi connectivity index (χ1n) is 11.2. The van der Waals surface area contributed by atoms with E-state index in [-0.39, 0.29) is 12.0 Å². The van der Waals surface area contributed by atoms with Crippen LogP contribution in [0.15, 0.2) is 6.33 Å². The lowest BCUT2D eigenvalue weighted by Gasteiger charge is -2.34. The maximum atomic E-state index is 11.4. The van der Waals surface area contributed by atoms with Gasteiger partial charge < -0.3 is 20.5 Å². The molecule has 5 rings (SSSR count). The first kappa shape index (κ1) is 20.2. The number of primary amides is 1. The fourth-order valence-electron chi connectivity index (χ4n) is 5.54. The van der Waals surface area contributed by atoms with E-state index in [2.05, 4.69) is 14.9 Å². The van der Waals surface area contributed by atoms with Crippen molar-refractivity contribution in [3.05, 3.63) is 16.8 Å². The van der Waals surface area contributed by atoms with Crippen LogP contribution < -0.4 is 10.5 Å². The molecule has 0 aromatic carbocycles. The number of hydrogen-bond donors (Lipinski definition) is 2. The van der Waals surface area contributed by atoms with Gasteiger partial charge in [-0.1, -0.05) is 0 Å². The molecule has 162 valence electrons. The van der Waals surface area contributed by atoms with E-state index < -0.39 is 12.0 Å². The molecule has 1 amide bonds. The van der Waals surface area contributed by atoms with Gasteiger partial charge in [0, 0.05) is 10.9 Å². The third kappa shape index (κ3) is 3.81. The molecule has 3 N–H and O–H groups in total. The van der Waals surface area contributed by atoms with Crippen molar-refractivity contribution in [2.45, 2.75) is 82.0 Å². The molecule has 0 radical (unpaired) electrons. The molecule has 0 bridgehead atoms. The van der Waals surface area contributed by atoms with Crippen LogP contribution in [0.4, 0.5) is 0 Å². The first-order valence-corrected chi connectivity index (χ1v) is 12.1. The Morgan fingerprint density at radius 1 is 1.23 bits per heavy atom. The summed E-state index contributed by atoms with van der Waals surface area (Å²) >= 11 is 1.68. The number of carbonyl (C=O) groups excluding carboxylic acids is 1. The Morgan fingerprint density at radius 2 is 2.00 bits per heavy atom. The molecular formula is C22H30N4O3S. The standard InChI is InChI=1S/C22H30N4O3S/c23-20(28)16(27)11-13-3-8-17-18(13)19-21(24-12-25-22(19)30-17)29-15-6-4-14(5-7-15)26-9-1-2-10-26/h12-16,27H,1-11H2,(H2,23,28)/t13-,14-,15-,16+/m1/s1. The average molecular weight is 431 g/mol. The van der Waals surface area contributed by atoms with Gasteiger partial charge in [0.25, 0.3) is 0 Å². The van der Waals surface area contributed by atoms with E-state index in [1.807, 2.05) is 0 Å². The fraction of sp³-hybridized carbons (Fsp3) is 0.682. The number of aliphatic hydroxyl groups is 1. The van der Waals surface area contributed by atoms with Crippen molar-refractivity contribution in [2.75, 3.05) is 13.1 Å². The number of amides is 1. The number of aryl methyl sites for hydroxylation is 1. The van der Waals surface area contributed by atoms with Crippen LogP contribution >= 0.6 is 11.3 Å². The van der Waals surface area contributed by atoms with Crippen LogP contribution in [0.25, 0.3) is 10.2 Å². The van der Waals surface area contributed by atoms with E-state index in [0.29, 0.717) is 18.3 Å². The lowest BCUT2D eigenvalue weighted by atomic mass is 9.92. The van der Waals surface area contributed by atoms with Gasteiger partial charge in [-0.25, -0.2) is 9.97 Å². The number of likely N-dealkylation sites (tertiary alicyclic amines) is 1. The van der Waals surface area contributed by atoms with Crippen LogP contribution in [0.3, 0.4) is 0 Å². The largest absolute Gasteiger partial charge is 0.474 e. The summed E-state index contributed by atoms with van der Waals surface area (Å²) in [7, 11) is 0. The summed E-state index contributed by atoms with van der Waals surface area (Å²) in [5, 5.41) is 11.0. The number of thiophene rings is 1. The maximum absolute atomic E-state index is 11.4. The van der Waals surface area contributed by atoms with Gasteiger partial charge in [-0.05, 0) is 82.4 Å². The Labute approximate surface area is 180 Å². The molecule has 7 nitrogen and oxygen atoms in total. The third-order valence-corrected chi connectivity index (χ3v) is 8.28. The molecule has 2 fully saturated rings. The molecule has 2 aromatic rings. The van der Waals surface area contributed by atoms with Crippen LogP contribution in [0.2, 0.25) is 0 Å². The molecule has 1 saturated carbocycles. The SMILES string of the molecule is NC(=O)[C@@H](O)C[C@H]1CCc2sc3ncnc(O[C@H]4CC[C@H](N5CCCC5)CC4)c3c21. The van der Waals surface area contributed by atoms with Crippen molar-refractivity contribution in [3.8, 4) is 5.88 Å². The van der Waals surface area contributed by atoms with Gasteiger partial charge in [-0.3, -0.25) is 4.79 Å². The zero-order valence-corrected chi connectivity index (χ0v) is 18.1. The average Bonchev–Trinajstić information content (AvgIpc) is 3.46. The maximum Gasteiger partial charge on any atom is 0.246 e. The Morgan fingerprint density at radius 3 is 2.73 bits per heavy atom. The van der Waals surface area contributed by atoms with Gasteiger partial charge in [0.1, 0.15) is 23.4 Å². The van der Waals surface area contributed by atoms with Gasteiger partial charge in [0.05, 0.1) is 5.39 Å². The predicted octanol–water partition coefficient (Wildman–Crippen LogP) is 2.74. The van der Waals surface area contributed by atoms with E-state index >= 15 is 0 Å². The summed E-state index contributed by atoms with van der Waals surface area (Å²) < 4.78 is 6.45. The van der Waals surface area contributed by atoms with Gasteiger partial charge in [-0.15, -0.1) is 11.3 Å². The number of ether oxygens (including phenoxy) is 1. The lowest BCUT2D eigenvalue weighted by Crippen LogP contribution is -2.38. The topological polar surface area (TPSA) is 102 Å². The van der Waals surface area contributed by atoms with Crippen molar-refractivity contribution in [1.82, 2.24) is 14.9 Å². The number of carbonyl (C=O) groups is 1. The molecule has 8 heteroatoms. The minimum atomic E-state index is -1.12. The second-order valence-electron chi connectivity index (χ2n) is 8.98. The van der Waals surface area contributed by atoms with Crippen LogP contribution in [-0.4, -0.2) is 57.2 Å². The number of aromatic nitrogens is 2. The van der Waals surface area contributed by atoms with Gasteiger partial charge in [0.2, 0.25) is 11.8 Å². The summed E-state index contributed by atoms with van der Waals surface area (Å²) in [6.45, 7) is 2.50. The molecule has 0 unspecified atom stereocenters. The lowest BCUT2D eigenvalue weighted by molar-refractivity contribution is -0.126. The minimum Gasteiger partial charge on any atom is -0.474 e. The van der Waals surface area contributed by atoms with Crippen LogP contribution in [-0.2, 0) is 11.2 Å². The number of nitrogens with zero attached hydrogens (tertiary/aromatic N) is 3. The van der Waals surface area contributed by atoms with Crippen molar-refractivity contribution in [1.29, 1.82) is 0 Å². The number of fused-ring (bicyclic) bond motifs is 3. The third-order valence-electron chi connectivity index (χ3n) is 7.11. The molecule has 2 aromatic heterocycles. The highest BCUT2D eigenvalue weighted by Gasteiger charge is 2.34. The van der Waals surface area contributed by atoms with E-state index in [9.17, 15) is 9.90 Å².